The van der Waals surface area contributed by atoms with Gasteiger partial charge in [-0.25, -0.2) is 0 Å². The smallest absolute Gasteiger partial charge is 0.153 e. The zero-order valence-electron chi connectivity index (χ0n) is 9.33. The Balaban J connectivity index is 2.48. The van der Waals surface area contributed by atoms with Crippen molar-refractivity contribution in [1.29, 1.82) is 0 Å². The van der Waals surface area contributed by atoms with Crippen LogP contribution in [0.1, 0.15) is 11.5 Å². The van der Waals surface area contributed by atoms with E-state index in [9.17, 15) is 0 Å². The van der Waals surface area contributed by atoms with Crippen LogP contribution in [0.25, 0.3) is 11.5 Å². The Kier molecular flexibility index (Phi) is 3.16. The quantitative estimate of drug-likeness (QED) is 0.940. The molecule has 0 aromatic carbocycles. The van der Waals surface area contributed by atoms with Gasteiger partial charge in [-0.05, 0) is 41.5 Å². The summed E-state index contributed by atoms with van der Waals surface area (Å²) in [6.45, 7) is 2.51. The van der Waals surface area contributed by atoms with Crippen LogP contribution in [0.3, 0.4) is 0 Å². The van der Waals surface area contributed by atoms with Crippen LogP contribution in [0, 0.1) is 6.92 Å². The third kappa shape index (κ3) is 1.92. The van der Waals surface area contributed by atoms with Gasteiger partial charge in [-0.3, -0.25) is 4.68 Å². The van der Waals surface area contributed by atoms with Gasteiger partial charge in [0.2, 0.25) is 0 Å². The van der Waals surface area contributed by atoms with Gasteiger partial charge in [-0.15, -0.1) is 0 Å². The SMILES string of the molecule is Cc1ccc(-c2c(Br)c(CCN)nn2C)o1. The van der Waals surface area contributed by atoms with Crippen LogP contribution >= 0.6 is 15.9 Å². The average Bonchev–Trinajstić information content (AvgIpc) is 2.74. The molecule has 0 unspecified atom stereocenters. The first-order valence-corrected chi connectivity index (χ1v) is 5.91. The summed E-state index contributed by atoms with van der Waals surface area (Å²) >= 11 is 3.55. The van der Waals surface area contributed by atoms with Gasteiger partial charge in [0, 0.05) is 13.5 Å². The van der Waals surface area contributed by atoms with Gasteiger partial charge in [-0.2, -0.15) is 5.10 Å². The van der Waals surface area contributed by atoms with Crippen molar-refractivity contribution in [2.45, 2.75) is 13.3 Å². The molecule has 0 fully saturated rings. The van der Waals surface area contributed by atoms with Crippen molar-refractivity contribution < 1.29 is 4.42 Å². The van der Waals surface area contributed by atoms with Gasteiger partial charge < -0.3 is 10.2 Å². The zero-order chi connectivity index (χ0) is 11.7. The minimum atomic E-state index is 0.590. The Hall–Kier alpha value is -1.07. The maximum atomic E-state index is 5.60. The van der Waals surface area contributed by atoms with Crippen molar-refractivity contribution in [3.63, 3.8) is 0 Å². The standard InChI is InChI=1S/C11H14BrN3O/c1-7-3-4-9(16-7)11-10(12)8(5-6-13)14-15(11)2/h3-4H,5-6,13H2,1-2H3. The number of hydrogen-bond acceptors (Lipinski definition) is 3. The van der Waals surface area contributed by atoms with Gasteiger partial charge in [0.05, 0.1) is 10.2 Å². The molecule has 0 bridgehead atoms. The van der Waals surface area contributed by atoms with E-state index in [1.807, 2.05) is 30.8 Å². The normalized spacial score (nSPS) is 11.0. The minimum Gasteiger partial charge on any atom is -0.460 e. The second kappa shape index (κ2) is 4.43. The number of furan rings is 1. The number of halogens is 1. The summed E-state index contributed by atoms with van der Waals surface area (Å²) in [5.74, 6) is 1.71. The van der Waals surface area contributed by atoms with Crippen LogP contribution in [0.5, 0.6) is 0 Å². The fourth-order valence-corrected chi connectivity index (χ4v) is 2.41. The molecular weight excluding hydrogens is 270 g/mol. The van der Waals surface area contributed by atoms with Gasteiger partial charge in [0.15, 0.2) is 5.76 Å². The Morgan fingerprint density at radius 1 is 1.50 bits per heavy atom. The molecule has 0 amide bonds. The zero-order valence-corrected chi connectivity index (χ0v) is 10.9. The molecule has 0 radical (unpaired) electrons. The Morgan fingerprint density at radius 2 is 2.25 bits per heavy atom. The van der Waals surface area contributed by atoms with Crippen LogP contribution in [-0.4, -0.2) is 16.3 Å². The molecule has 0 aliphatic rings. The predicted molar refractivity (Wildman–Crippen MR) is 66.1 cm³/mol. The summed E-state index contributed by atoms with van der Waals surface area (Å²) < 4.78 is 8.38. The van der Waals surface area contributed by atoms with Crippen molar-refractivity contribution in [3.8, 4) is 11.5 Å². The highest BCUT2D eigenvalue weighted by molar-refractivity contribution is 9.10. The molecule has 0 atom stereocenters. The Bertz CT molecular complexity index is 501. The summed E-state index contributed by atoms with van der Waals surface area (Å²) in [5, 5.41) is 4.42. The van der Waals surface area contributed by atoms with E-state index in [4.69, 9.17) is 10.2 Å². The van der Waals surface area contributed by atoms with E-state index in [0.717, 1.165) is 33.8 Å². The van der Waals surface area contributed by atoms with Crippen molar-refractivity contribution >= 4 is 15.9 Å². The summed E-state index contributed by atoms with van der Waals surface area (Å²) in [5.41, 5.74) is 7.46. The van der Waals surface area contributed by atoms with E-state index in [-0.39, 0.29) is 0 Å². The van der Waals surface area contributed by atoms with E-state index in [2.05, 4.69) is 21.0 Å². The number of nitrogens with zero attached hydrogens (tertiary/aromatic N) is 2. The molecule has 0 aliphatic heterocycles. The Morgan fingerprint density at radius 3 is 2.81 bits per heavy atom. The van der Waals surface area contributed by atoms with Gasteiger partial charge in [0.1, 0.15) is 11.5 Å². The lowest BCUT2D eigenvalue weighted by atomic mass is 10.2. The topological polar surface area (TPSA) is 57.0 Å². The highest BCUT2D eigenvalue weighted by atomic mass is 79.9. The van der Waals surface area contributed by atoms with Crippen LogP contribution in [0.4, 0.5) is 0 Å². The maximum absolute atomic E-state index is 5.60. The summed E-state index contributed by atoms with van der Waals surface area (Å²) in [6.07, 6.45) is 0.758. The lowest BCUT2D eigenvalue weighted by Gasteiger charge is -1.98. The van der Waals surface area contributed by atoms with E-state index >= 15 is 0 Å². The molecule has 0 saturated carbocycles. The van der Waals surface area contributed by atoms with Crippen molar-refractivity contribution in [3.05, 3.63) is 28.1 Å². The van der Waals surface area contributed by atoms with Gasteiger partial charge >= 0.3 is 0 Å². The van der Waals surface area contributed by atoms with Crippen molar-refractivity contribution in [2.75, 3.05) is 6.54 Å². The summed E-state index contributed by atoms with van der Waals surface area (Å²) in [7, 11) is 1.90. The molecule has 5 heteroatoms. The highest BCUT2D eigenvalue weighted by Crippen LogP contribution is 2.31. The van der Waals surface area contributed by atoms with Crippen molar-refractivity contribution in [1.82, 2.24) is 9.78 Å². The van der Waals surface area contributed by atoms with Gasteiger partial charge in [0.25, 0.3) is 0 Å². The molecule has 0 aliphatic carbocycles. The monoisotopic (exact) mass is 283 g/mol. The predicted octanol–water partition coefficient (Wildman–Crippen LogP) is 2.25. The lowest BCUT2D eigenvalue weighted by molar-refractivity contribution is 0.541. The van der Waals surface area contributed by atoms with E-state index in [0.29, 0.717) is 6.54 Å². The van der Waals surface area contributed by atoms with Gasteiger partial charge in [-0.1, -0.05) is 0 Å². The van der Waals surface area contributed by atoms with Crippen LogP contribution in [0.2, 0.25) is 0 Å². The number of aromatic nitrogens is 2. The third-order valence-electron chi connectivity index (χ3n) is 2.41. The summed E-state index contributed by atoms with van der Waals surface area (Å²) in [4.78, 5) is 0. The largest absolute Gasteiger partial charge is 0.460 e. The number of aryl methyl sites for hydroxylation is 2. The fraction of sp³-hybridized carbons (Fsp3) is 0.364. The average molecular weight is 284 g/mol. The second-order valence-electron chi connectivity index (χ2n) is 3.68. The molecule has 2 aromatic rings. The lowest BCUT2D eigenvalue weighted by Crippen LogP contribution is -2.04. The molecule has 2 aromatic heterocycles. The van der Waals surface area contributed by atoms with E-state index < -0.39 is 0 Å². The molecule has 0 saturated heterocycles. The minimum absolute atomic E-state index is 0.590. The molecule has 2 heterocycles. The first-order valence-electron chi connectivity index (χ1n) is 5.11. The van der Waals surface area contributed by atoms with Crippen molar-refractivity contribution in [2.24, 2.45) is 12.8 Å². The second-order valence-corrected chi connectivity index (χ2v) is 4.47. The van der Waals surface area contributed by atoms with E-state index in [1.54, 1.807) is 0 Å². The van der Waals surface area contributed by atoms with Crippen LogP contribution in [0.15, 0.2) is 21.0 Å². The van der Waals surface area contributed by atoms with E-state index in [1.165, 1.54) is 0 Å². The third-order valence-corrected chi connectivity index (χ3v) is 3.24. The highest BCUT2D eigenvalue weighted by Gasteiger charge is 2.17. The molecular formula is C11H14BrN3O. The maximum Gasteiger partial charge on any atom is 0.153 e. The first-order chi connectivity index (χ1) is 7.63. The molecule has 86 valence electrons. The van der Waals surface area contributed by atoms with Crippen LogP contribution < -0.4 is 5.73 Å². The number of hydrogen-bond donors (Lipinski definition) is 1. The molecule has 4 nitrogen and oxygen atoms in total. The van der Waals surface area contributed by atoms with Crippen LogP contribution in [-0.2, 0) is 13.5 Å². The molecule has 2 rings (SSSR count). The fourth-order valence-electron chi connectivity index (χ4n) is 1.68. The number of nitrogens with two attached hydrogens (primary N) is 1. The molecule has 2 N–H and O–H groups in total. The number of rotatable bonds is 3. The first kappa shape index (κ1) is 11.4. The molecule has 16 heavy (non-hydrogen) atoms. The molecule has 0 spiro atoms. The summed E-state index contributed by atoms with van der Waals surface area (Å²) in [6, 6.07) is 3.89. The Labute approximate surface area is 103 Å².